The number of piperazine rings is 1. The molecule has 2 aromatic rings. The first-order valence-electron chi connectivity index (χ1n) is 7.23. The van der Waals surface area contributed by atoms with E-state index in [-0.39, 0.29) is 22.0 Å². The maximum Gasteiger partial charge on any atom is 0.255 e. The van der Waals surface area contributed by atoms with E-state index in [0.29, 0.717) is 37.6 Å². The molecule has 6 nitrogen and oxygen atoms in total. The number of amides is 1. The number of halogens is 3. The zero-order valence-electron chi connectivity index (χ0n) is 12.5. The van der Waals surface area contributed by atoms with Crippen molar-refractivity contribution in [2.24, 2.45) is 0 Å². The summed E-state index contributed by atoms with van der Waals surface area (Å²) in [6.07, 6.45) is 0. The second-order valence-corrected chi connectivity index (χ2v) is 6.10. The van der Waals surface area contributed by atoms with E-state index in [2.05, 4.69) is 9.97 Å². The van der Waals surface area contributed by atoms with Gasteiger partial charge in [-0.2, -0.15) is 4.98 Å². The Morgan fingerprint density at radius 1 is 1.12 bits per heavy atom. The van der Waals surface area contributed by atoms with Crippen molar-refractivity contribution >= 4 is 40.9 Å². The lowest BCUT2D eigenvalue weighted by Crippen LogP contribution is -2.49. The summed E-state index contributed by atoms with van der Waals surface area (Å²) < 4.78 is 13.1. The number of nitrogen functional groups attached to an aromatic ring is 1. The number of nitrogens with two attached hydrogens (primary N) is 1. The number of carbonyl (C=O) groups is 1. The topological polar surface area (TPSA) is 75.3 Å². The molecule has 1 aliphatic rings. The van der Waals surface area contributed by atoms with E-state index in [4.69, 9.17) is 28.9 Å². The van der Waals surface area contributed by atoms with E-state index in [1.807, 2.05) is 4.90 Å². The first-order valence-corrected chi connectivity index (χ1v) is 7.99. The molecule has 24 heavy (non-hydrogen) atoms. The van der Waals surface area contributed by atoms with E-state index < -0.39 is 5.82 Å². The van der Waals surface area contributed by atoms with Gasteiger partial charge in [0.05, 0.1) is 10.6 Å². The Bertz CT molecular complexity index is 760. The molecular formula is C15H14Cl2FN5O. The largest absolute Gasteiger partial charge is 0.368 e. The lowest BCUT2D eigenvalue weighted by atomic mass is 10.1. The zero-order valence-corrected chi connectivity index (χ0v) is 14.1. The lowest BCUT2D eigenvalue weighted by Gasteiger charge is -2.35. The Morgan fingerprint density at radius 3 is 2.46 bits per heavy atom. The number of nitrogens with zero attached hydrogens (tertiary/aromatic N) is 4. The standard InChI is InChI=1S/C15H14Cl2FN5O/c16-11-7-9(18)1-2-10(11)14(24)23-5-3-22(4-6-23)13-8-12(17)20-15(19)21-13/h1-2,7-8H,3-6H2,(H2,19,20,21). The highest BCUT2D eigenvalue weighted by Crippen LogP contribution is 2.22. The summed E-state index contributed by atoms with van der Waals surface area (Å²) in [4.78, 5) is 24.1. The van der Waals surface area contributed by atoms with Crippen LogP contribution in [0.1, 0.15) is 10.4 Å². The first kappa shape index (κ1) is 16.7. The molecule has 0 radical (unpaired) electrons. The van der Waals surface area contributed by atoms with Crippen LogP contribution in [0.2, 0.25) is 10.2 Å². The molecule has 0 bridgehead atoms. The number of benzene rings is 1. The van der Waals surface area contributed by atoms with Crippen LogP contribution in [-0.4, -0.2) is 47.0 Å². The van der Waals surface area contributed by atoms with Gasteiger partial charge in [0.2, 0.25) is 5.95 Å². The summed E-state index contributed by atoms with van der Waals surface area (Å²) in [5.41, 5.74) is 5.90. The molecule has 126 valence electrons. The van der Waals surface area contributed by atoms with Gasteiger partial charge in [0, 0.05) is 32.2 Å². The Hall–Kier alpha value is -2.12. The average Bonchev–Trinajstić information content (AvgIpc) is 2.53. The molecule has 0 aliphatic carbocycles. The predicted molar refractivity (Wildman–Crippen MR) is 91.0 cm³/mol. The van der Waals surface area contributed by atoms with Gasteiger partial charge in [0.15, 0.2) is 0 Å². The van der Waals surface area contributed by atoms with Crippen molar-refractivity contribution in [2.75, 3.05) is 36.8 Å². The van der Waals surface area contributed by atoms with Crippen molar-refractivity contribution in [1.82, 2.24) is 14.9 Å². The maximum absolute atomic E-state index is 13.1. The minimum Gasteiger partial charge on any atom is -0.368 e. The number of hydrogen-bond donors (Lipinski definition) is 1. The third kappa shape index (κ3) is 3.52. The van der Waals surface area contributed by atoms with E-state index in [1.54, 1.807) is 11.0 Å². The van der Waals surface area contributed by atoms with Gasteiger partial charge < -0.3 is 15.5 Å². The van der Waals surface area contributed by atoms with Crippen molar-refractivity contribution in [3.63, 3.8) is 0 Å². The molecule has 1 saturated heterocycles. The molecule has 2 heterocycles. The van der Waals surface area contributed by atoms with Crippen LogP contribution in [0.25, 0.3) is 0 Å². The van der Waals surface area contributed by atoms with E-state index in [1.165, 1.54) is 12.1 Å². The number of anilines is 2. The molecule has 0 saturated carbocycles. The maximum atomic E-state index is 13.1. The lowest BCUT2D eigenvalue weighted by molar-refractivity contribution is 0.0746. The number of rotatable bonds is 2. The van der Waals surface area contributed by atoms with Crippen molar-refractivity contribution < 1.29 is 9.18 Å². The summed E-state index contributed by atoms with van der Waals surface area (Å²) in [5.74, 6) is 0.0352. The number of hydrogen-bond acceptors (Lipinski definition) is 5. The van der Waals surface area contributed by atoms with Crippen molar-refractivity contribution in [3.05, 3.63) is 45.8 Å². The fraction of sp³-hybridized carbons (Fsp3) is 0.267. The molecule has 3 rings (SSSR count). The van der Waals surface area contributed by atoms with Gasteiger partial charge in [-0.1, -0.05) is 23.2 Å². The Kier molecular flexibility index (Phi) is 4.73. The van der Waals surface area contributed by atoms with Gasteiger partial charge in [-0.05, 0) is 18.2 Å². The van der Waals surface area contributed by atoms with Crippen molar-refractivity contribution in [2.45, 2.75) is 0 Å². The van der Waals surface area contributed by atoms with E-state index in [9.17, 15) is 9.18 Å². The molecule has 0 atom stereocenters. The Morgan fingerprint density at radius 2 is 1.83 bits per heavy atom. The van der Waals surface area contributed by atoms with Crippen molar-refractivity contribution in [3.8, 4) is 0 Å². The quantitative estimate of drug-likeness (QED) is 0.822. The molecule has 9 heteroatoms. The van der Waals surface area contributed by atoms with Crippen LogP contribution in [0.4, 0.5) is 16.2 Å². The molecule has 0 unspecified atom stereocenters. The fourth-order valence-electron chi connectivity index (χ4n) is 2.56. The molecule has 1 amide bonds. The summed E-state index contributed by atoms with van der Waals surface area (Å²) in [7, 11) is 0. The number of aromatic nitrogens is 2. The summed E-state index contributed by atoms with van der Waals surface area (Å²) in [6.45, 7) is 2.09. The third-order valence-electron chi connectivity index (χ3n) is 3.75. The fourth-order valence-corrected chi connectivity index (χ4v) is 2.99. The van der Waals surface area contributed by atoms with Gasteiger partial charge in [-0.3, -0.25) is 4.79 Å². The smallest absolute Gasteiger partial charge is 0.255 e. The normalized spacial score (nSPS) is 14.8. The first-order chi connectivity index (χ1) is 11.4. The van der Waals surface area contributed by atoms with Crippen LogP contribution < -0.4 is 10.6 Å². The monoisotopic (exact) mass is 369 g/mol. The second kappa shape index (κ2) is 6.78. The van der Waals surface area contributed by atoms with Crippen LogP contribution in [-0.2, 0) is 0 Å². The summed E-state index contributed by atoms with van der Waals surface area (Å²) in [5, 5.41) is 0.381. The van der Waals surface area contributed by atoms with E-state index >= 15 is 0 Å². The van der Waals surface area contributed by atoms with Gasteiger partial charge in [0.1, 0.15) is 16.8 Å². The molecule has 1 aromatic heterocycles. The third-order valence-corrected chi connectivity index (χ3v) is 4.26. The molecule has 1 fully saturated rings. The van der Waals surface area contributed by atoms with Gasteiger partial charge in [0.25, 0.3) is 5.91 Å². The number of carbonyl (C=O) groups excluding carboxylic acids is 1. The molecule has 1 aromatic carbocycles. The minimum atomic E-state index is -0.473. The highest BCUT2D eigenvalue weighted by atomic mass is 35.5. The minimum absolute atomic E-state index is 0.106. The highest BCUT2D eigenvalue weighted by molar-refractivity contribution is 6.33. The van der Waals surface area contributed by atoms with Crippen LogP contribution in [0.15, 0.2) is 24.3 Å². The van der Waals surface area contributed by atoms with Gasteiger partial charge in [-0.25, -0.2) is 9.37 Å². The van der Waals surface area contributed by atoms with Crippen LogP contribution in [0.5, 0.6) is 0 Å². The van der Waals surface area contributed by atoms with Crippen LogP contribution >= 0.6 is 23.2 Å². The SMILES string of the molecule is Nc1nc(Cl)cc(N2CCN(C(=O)c3ccc(F)cc3Cl)CC2)n1. The molecule has 1 aliphatic heterocycles. The Balaban J connectivity index is 1.69. The molecule has 0 spiro atoms. The molecule has 2 N–H and O–H groups in total. The van der Waals surface area contributed by atoms with E-state index in [0.717, 1.165) is 6.07 Å². The van der Waals surface area contributed by atoms with Crippen LogP contribution in [0, 0.1) is 5.82 Å². The van der Waals surface area contributed by atoms with Crippen LogP contribution in [0.3, 0.4) is 0 Å². The van der Waals surface area contributed by atoms with Crippen molar-refractivity contribution in [1.29, 1.82) is 0 Å². The van der Waals surface area contributed by atoms with Gasteiger partial charge in [-0.15, -0.1) is 0 Å². The molecular weight excluding hydrogens is 356 g/mol. The van der Waals surface area contributed by atoms with Gasteiger partial charge >= 0.3 is 0 Å². The Labute approximate surface area is 148 Å². The predicted octanol–water partition coefficient (Wildman–Crippen LogP) is 2.47. The highest BCUT2D eigenvalue weighted by Gasteiger charge is 2.24. The zero-order chi connectivity index (χ0) is 17.3. The average molecular weight is 370 g/mol. The second-order valence-electron chi connectivity index (χ2n) is 5.31. The summed E-state index contributed by atoms with van der Waals surface area (Å²) in [6, 6.07) is 5.39. The summed E-state index contributed by atoms with van der Waals surface area (Å²) >= 11 is 11.9.